The van der Waals surface area contributed by atoms with Crippen LogP contribution in [0.1, 0.15) is 48.6 Å². The highest BCUT2D eigenvalue weighted by Gasteiger charge is 2.36. The van der Waals surface area contributed by atoms with Gasteiger partial charge >= 0.3 is 12.1 Å². The lowest BCUT2D eigenvalue weighted by atomic mass is 9.99. The minimum absolute atomic E-state index is 0.191. The lowest BCUT2D eigenvalue weighted by Gasteiger charge is -2.40. The van der Waals surface area contributed by atoms with Gasteiger partial charge in [0.15, 0.2) is 0 Å². The molecule has 260 valence electrons. The van der Waals surface area contributed by atoms with Gasteiger partial charge < -0.3 is 24.1 Å². The maximum absolute atomic E-state index is 13.3. The number of amides is 1. The number of fused-ring (bicyclic) bond motifs is 2. The molecule has 10 nitrogen and oxygen atoms in total. The average Bonchev–Trinajstić information content (AvgIpc) is 3.60. The van der Waals surface area contributed by atoms with E-state index < -0.39 is 0 Å². The van der Waals surface area contributed by atoms with Crippen LogP contribution in [0.15, 0.2) is 66.7 Å². The molecule has 50 heavy (non-hydrogen) atoms. The fourth-order valence-corrected chi connectivity index (χ4v) is 7.88. The third-order valence-corrected chi connectivity index (χ3v) is 10.4. The molecule has 3 aliphatic heterocycles. The highest BCUT2D eigenvalue weighted by atomic mass is 16.6. The Balaban J connectivity index is 1.16. The summed E-state index contributed by atoms with van der Waals surface area (Å²) in [6.07, 6.45) is 3.83. The van der Waals surface area contributed by atoms with Gasteiger partial charge in [0.05, 0.1) is 12.2 Å². The van der Waals surface area contributed by atoms with Crippen LogP contribution >= 0.6 is 0 Å². The van der Waals surface area contributed by atoms with Crippen LogP contribution < -0.4 is 14.5 Å². The first kappa shape index (κ1) is 33.6. The van der Waals surface area contributed by atoms with Crippen LogP contribution in [-0.4, -0.2) is 90.4 Å². The maximum atomic E-state index is 13.3. The Labute approximate surface area is 295 Å². The summed E-state index contributed by atoms with van der Waals surface area (Å²) in [5.41, 5.74) is 5.51. The molecule has 2 fully saturated rings. The van der Waals surface area contributed by atoms with Crippen molar-refractivity contribution in [2.45, 2.75) is 64.8 Å². The number of carbonyl (C=O) groups is 1. The fourth-order valence-electron chi connectivity index (χ4n) is 7.88. The third kappa shape index (κ3) is 7.19. The molecule has 2 saturated heterocycles. The van der Waals surface area contributed by atoms with Gasteiger partial charge in [-0.05, 0) is 68.3 Å². The van der Waals surface area contributed by atoms with Gasteiger partial charge in [0.25, 0.3) is 0 Å². The largest absolute Gasteiger partial charge is 0.462 e. The molecule has 10 heteroatoms. The van der Waals surface area contributed by atoms with Gasteiger partial charge in [0.1, 0.15) is 25.1 Å². The number of hydrogen-bond acceptors (Lipinski definition) is 8. The summed E-state index contributed by atoms with van der Waals surface area (Å²) < 4.78 is 12.2. The summed E-state index contributed by atoms with van der Waals surface area (Å²) in [4.78, 5) is 36.1. The minimum Gasteiger partial charge on any atom is -0.462 e. The van der Waals surface area contributed by atoms with Gasteiger partial charge in [0, 0.05) is 48.9 Å². The Morgan fingerprint density at radius 1 is 0.960 bits per heavy atom. The zero-order chi connectivity index (χ0) is 34.5. The molecule has 0 unspecified atom stereocenters. The van der Waals surface area contributed by atoms with Crippen molar-refractivity contribution < 1.29 is 14.3 Å². The van der Waals surface area contributed by atoms with Crippen molar-refractivity contribution in [1.29, 1.82) is 0 Å². The predicted octanol–water partition coefficient (Wildman–Crippen LogP) is 6.50. The second-order valence-electron chi connectivity index (χ2n) is 13.7. The summed E-state index contributed by atoms with van der Waals surface area (Å²) in [6.45, 7) is 18.2. The highest BCUT2D eigenvalue weighted by molar-refractivity contribution is 5.97. The first-order chi connectivity index (χ1) is 24.5. The second kappa shape index (κ2) is 15.3. The van der Waals surface area contributed by atoms with Gasteiger partial charge in [-0.15, -0.1) is 0 Å². The number of aromatic nitrogens is 2. The molecule has 7 rings (SSSR count). The van der Waals surface area contributed by atoms with Crippen LogP contribution in [0.25, 0.3) is 15.6 Å². The Morgan fingerprint density at radius 3 is 2.62 bits per heavy atom. The molecule has 0 aliphatic carbocycles. The molecule has 0 N–H and O–H groups in total. The fraction of sp³-hybridized carbons (Fsp3) is 0.450. The predicted molar refractivity (Wildman–Crippen MR) is 197 cm³/mol. The number of benzene rings is 3. The molecule has 1 aromatic heterocycles. The van der Waals surface area contributed by atoms with Crippen LogP contribution in [-0.2, 0) is 24.3 Å². The Hall–Kier alpha value is -4.88. The molecule has 0 radical (unpaired) electrons. The summed E-state index contributed by atoms with van der Waals surface area (Å²) in [5, 5.41) is 2.51. The molecule has 1 amide bonds. The number of nitrogens with zero attached hydrogens (tertiary/aromatic N) is 7. The first-order valence-electron chi connectivity index (χ1n) is 18.1. The topological polar surface area (TPSA) is 78.6 Å². The van der Waals surface area contributed by atoms with E-state index in [-0.39, 0.29) is 25.3 Å². The number of rotatable bonds is 10. The van der Waals surface area contributed by atoms with E-state index in [1.807, 2.05) is 30.3 Å². The van der Waals surface area contributed by atoms with E-state index in [0.29, 0.717) is 44.8 Å². The Morgan fingerprint density at radius 2 is 1.80 bits per heavy atom. The van der Waals surface area contributed by atoms with Crippen molar-refractivity contribution in [3.63, 3.8) is 0 Å². The van der Waals surface area contributed by atoms with E-state index in [9.17, 15) is 4.79 Å². The number of anilines is 2. The highest BCUT2D eigenvalue weighted by Crippen LogP contribution is 2.36. The standard InChI is InChI=1S/C40H47N7O3/c1-4-19-44-20-10-16-32(44)28-49-39-42-35-26-45(36-17-9-15-31-14-8-11-29(2)37(31)36)21-18-34(35)38(43-39)46-22-23-47(33(25-46)24-41-3)40(48)50-27-30-12-6-5-7-13-30/h5-9,11-15,17,32-33H,4,10,16,18-28H2,1-2H3/t32-,33-/m0/s1. The molecular weight excluding hydrogens is 626 g/mol. The lowest BCUT2D eigenvalue weighted by molar-refractivity contribution is 0.0788. The average molecular weight is 674 g/mol. The summed E-state index contributed by atoms with van der Waals surface area (Å²) in [5.74, 6) is 0.864. The summed E-state index contributed by atoms with van der Waals surface area (Å²) >= 11 is 0. The van der Waals surface area contributed by atoms with Crippen molar-refractivity contribution in [2.24, 2.45) is 0 Å². The van der Waals surface area contributed by atoms with Gasteiger partial charge in [-0.1, -0.05) is 67.6 Å². The quantitative estimate of drug-likeness (QED) is 0.177. The molecular formula is C40H47N7O3. The van der Waals surface area contributed by atoms with Gasteiger partial charge in [-0.2, -0.15) is 9.97 Å². The number of ether oxygens (including phenoxy) is 2. The molecule has 0 spiro atoms. The van der Waals surface area contributed by atoms with E-state index in [4.69, 9.17) is 26.0 Å². The van der Waals surface area contributed by atoms with Gasteiger partial charge in [-0.25, -0.2) is 11.4 Å². The lowest BCUT2D eigenvalue weighted by Crippen LogP contribution is -2.57. The number of carbonyl (C=O) groups excluding carboxylic acids is 1. The van der Waals surface area contributed by atoms with Crippen molar-refractivity contribution in [3.05, 3.63) is 101 Å². The minimum atomic E-state index is -0.384. The van der Waals surface area contributed by atoms with E-state index in [2.05, 4.69) is 69.8 Å². The third-order valence-electron chi connectivity index (χ3n) is 10.4. The molecule has 3 aromatic carbocycles. The van der Waals surface area contributed by atoms with E-state index >= 15 is 0 Å². The maximum Gasteiger partial charge on any atom is 0.410 e. The number of likely N-dealkylation sites (tertiary alicyclic amines) is 1. The van der Waals surface area contributed by atoms with Crippen molar-refractivity contribution in [2.75, 3.05) is 62.2 Å². The molecule has 0 bridgehead atoms. The van der Waals surface area contributed by atoms with Crippen LogP contribution in [0.2, 0.25) is 0 Å². The van der Waals surface area contributed by atoms with Crippen molar-refractivity contribution in [3.8, 4) is 6.01 Å². The Bertz CT molecular complexity index is 1840. The summed E-state index contributed by atoms with van der Waals surface area (Å²) in [7, 11) is 0. The zero-order valence-corrected chi connectivity index (χ0v) is 29.3. The molecule has 0 saturated carbocycles. The zero-order valence-electron chi connectivity index (χ0n) is 29.3. The van der Waals surface area contributed by atoms with Crippen molar-refractivity contribution in [1.82, 2.24) is 19.8 Å². The molecule has 4 aromatic rings. The van der Waals surface area contributed by atoms with Gasteiger partial charge in [-0.3, -0.25) is 9.80 Å². The normalized spacial score (nSPS) is 19.3. The smallest absolute Gasteiger partial charge is 0.410 e. The van der Waals surface area contributed by atoms with Crippen LogP contribution in [0.4, 0.5) is 16.3 Å². The molecule has 3 aliphatic rings. The number of hydrogen-bond donors (Lipinski definition) is 0. The van der Waals surface area contributed by atoms with E-state index in [0.717, 1.165) is 61.5 Å². The van der Waals surface area contributed by atoms with E-state index in [1.165, 1.54) is 28.4 Å². The number of aryl methyl sites for hydroxylation is 1. The van der Waals surface area contributed by atoms with Gasteiger partial charge in [0.2, 0.25) is 6.54 Å². The summed E-state index contributed by atoms with van der Waals surface area (Å²) in [6, 6.07) is 23.1. The molecule has 2 atom stereocenters. The Kier molecular flexibility index (Phi) is 10.3. The van der Waals surface area contributed by atoms with Crippen molar-refractivity contribution >= 4 is 28.4 Å². The van der Waals surface area contributed by atoms with Crippen LogP contribution in [0, 0.1) is 13.5 Å². The monoisotopic (exact) mass is 673 g/mol. The number of piperazine rings is 1. The van der Waals surface area contributed by atoms with Crippen LogP contribution in [0.3, 0.4) is 0 Å². The molecule has 4 heterocycles. The second-order valence-corrected chi connectivity index (χ2v) is 13.7. The first-order valence-corrected chi connectivity index (χ1v) is 18.1. The van der Waals surface area contributed by atoms with Crippen LogP contribution in [0.5, 0.6) is 6.01 Å². The SMILES string of the molecule is [C-]#[N+]C[C@H]1CN(c2nc(OC[C@@H]3CCCN3CCC)nc3c2CCN(c2cccc4cccc(C)c24)C3)CCN1C(=O)OCc1ccccc1. The van der Waals surface area contributed by atoms with E-state index in [1.54, 1.807) is 4.90 Å².